The molecule has 0 spiro atoms. The molecule has 0 radical (unpaired) electrons. The number of aryl methyl sites for hydroxylation is 2. The maximum Gasteiger partial charge on any atom is 0.357 e. The van der Waals surface area contributed by atoms with Gasteiger partial charge in [0.05, 0.1) is 19.2 Å². The number of hydrogen-bond donors (Lipinski definition) is 1. The summed E-state index contributed by atoms with van der Waals surface area (Å²) in [6.45, 7) is 4.35. The smallest absolute Gasteiger partial charge is 0.357 e. The molecule has 11 heteroatoms. The number of aromatic amines is 1. The molecule has 6 aromatic rings. The number of hydrogen-bond acceptors (Lipinski definition) is 8. The molecule has 0 unspecified atom stereocenters. The number of fused-ring (bicyclic) bond motifs is 1. The second-order valence-corrected chi connectivity index (χ2v) is 10.3. The monoisotopic (exact) mass is 574 g/mol. The summed E-state index contributed by atoms with van der Waals surface area (Å²) in [6, 6.07) is 23.1. The van der Waals surface area contributed by atoms with Gasteiger partial charge in [0, 0.05) is 31.0 Å². The maximum atomic E-state index is 12.9. The predicted octanol–water partition coefficient (Wildman–Crippen LogP) is 5.06. The van der Waals surface area contributed by atoms with Gasteiger partial charge in [0.15, 0.2) is 17.0 Å². The Morgan fingerprint density at radius 1 is 1.00 bits per heavy atom. The van der Waals surface area contributed by atoms with Gasteiger partial charge in [-0.2, -0.15) is 9.94 Å². The number of ether oxygens (including phenoxy) is 1. The molecule has 4 aromatic heterocycles. The Labute approximate surface area is 247 Å². The van der Waals surface area contributed by atoms with Crippen molar-refractivity contribution < 1.29 is 14.3 Å². The van der Waals surface area contributed by atoms with Crippen molar-refractivity contribution in [3.05, 3.63) is 101 Å². The lowest BCUT2D eigenvalue weighted by atomic mass is 9.98. The van der Waals surface area contributed by atoms with Crippen molar-refractivity contribution >= 4 is 17.1 Å². The summed E-state index contributed by atoms with van der Waals surface area (Å²) >= 11 is 0. The van der Waals surface area contributed by atoms with E-state index < -0.39 is 5.97 Å². The van der Waals surface area contributed by atoms with Crippen LogP contribution in [0.2, 0.25) is 0 Å². The minimum atomic E-state index is -0.620. The molecule has 11 nitrogen and oxygen atoms in total. The Morgan fingerprint density at radius 3 is 2.51 bits per heavy atom. The van der Waals surface area contributed by atoms with Crippen molar-refractivity contribution in [1.29, 1.82) is 0 Å². The standard InChI is InChI=1S/C32H30N8O3/c1-4-5-13-28-33-26-18-25(27-12-8-9-20(2)40(27)42)29(32(41)43-3)34-31(26)39(28)19-21-14-16-22(17-15-21)23-10-6-7-11-24(23)30-35-37-38-36-30/h6-12,14-18H,4-5,13,19H2,1-3H3,(H,35,36,37,38). The van der Waals surface area contributed by atoms with Gasteiger partial charge in [0.1, 0.15) is 11.3 Å². The molecule has 0 saturated heterocycles. The van der Waals surface area contributed by atoms with Crippen LogP contribution in [0.5, 0.6) is 0 Å². The zero-order chi connectivity index (χ0) is 29.9. The van der Waals surface area contributed by atoms with E-state index in [4.69, 9.17) is 14.7 Å². The first-order chi connectivity index (χ1) is 21.0. The Kier molecular flexibility index (Phi) is 7.61. The van der Waals surface area contributed by atoms with Crippen LogP contribution in [0.1, 0.15) is 47.3 Å². The molecule has 0 aliphatic rings. The molecule has 0 amide bonds. The van der Waals surface area contributed by atoms with E-state index >= 15 is 0 Å². The molecule has 1 N–H and O–H groups in total. The lowest BCUT2D eigenvalue weighted by Crippen LogP contribution is -2.33. The van der Waals surface area contributed by atoms with E-state index in [1.807, 2.05) is 28.8 Å². The van der Waals surface area contributed by atoms with Crippen LogP contribution in [0.25, 0.3) is 44.9 Å². The van der Waals surface area contributed by atoms with Crippen LogP contribution in [-0.4, -0.2) is 48.2 Å². The number of H-pyrrole nitrogens is 1. The summed E-state index contributed by atoms with van der Waals surface area (Å²) < 4.78 is 7.92. The number of unbranched alkanes of at least 4 members (excludes halogenated alkanes) is 1. The molecular formula is C32H30N8O3. The third-order valence-corrected chi connectivity index (χ3v) is 7.46. The highest BCUT2D eigenvalue weighted by atomic mass is 16.5. The lowest BCUT2D eigenvalue weighted by Gasteiger charge is -2.12. The van der Waals surface area contributed by atoms with Crippen molar-refractivity contribution in [1.82, 2.24) is 35.2 Å². The number of carbonyl (C=O) groups is 1. The molecule has 4 heterocycles. The quantitative estimate of drug-likeness (QED) is 0.144. The third kappa shape index (κ3) is 5.32. The number of methoxy groups -OCH3 is 1. The Morgan fingerprint density at radius 2 is 1.79 bits per heavy atom. The summed E-state index contributed by atoms with van der Waals surface area (Å²) in [4.78, 5) is 22.6. The van der Waals surface area contributed by atoms with Crippen LogP contribution in [0.4, 0.5) is 0 Å². The highest BCUT2D eigenvalue weighted by molar-refractivity contribution is 5.97. The van der Waals surface area contributed by atoms with Gasteiger partial charge < -0.3 is 14.5 Å². The zero-order valence-electron chi connectivity index (χ0n) is 24.1. The summed E-state index contributed by atoms with van der Waals surface area (Å²) in [5.41, 5.74) is 6.39. The Bertz CT molecular complexity index is 1910. The minimum Gasteiger partial charge on any atom is -0.618 e. The fourth-order valence-electron chi connectivity index (χ4n) is 5.22. The van der Waals surface area contributed by atoms with Crippen LogP contribution in [0.15, 0.2) is 72.8 Å². The van der Waals surface area contributed by atoms with Gasteiger partial charge in [-0.05, 0) is 40.5 Å². The molecular weight excluding hydrogens is 544 g/mol. The largest absolute Gasteiger partial charge is 0.618 e. The van der Waals surface area contributed by atoms with E-state index in [1.165, 1.54) is 7.11 Å². The third-order valence-electron chi connectivity index (χ3n) is 7.46. The molecule has 0 aliphatic heterocycles. The van der Waals surface area contributed by atoms with Crippen LogP contribution in [-0.2, 0) is 17.7 Å². The van der Waals surface area contributed by atoms with Crippen LogP contribution >= 0.6 is 0 Å². The van der Waals surface area contributed by atoms with Gasteiger partial charge in [-0.25, -0.2) is 14.8 Å². The number of esters is 1. The maximum absolute atomic E-state index is 12.9. The minimum absolute atomic E-state index is 0.0711. The van der Waals surface area contributed by atoms with Crippen LogP contribution in [0.3, 0.4) is 0 Å². The first-order valence-corrected chi connectivity index (χ1v) is 14.1. The zero-order valence-corrected chi connectivity index (χ0v) is 24.1. The Hall–Kier alpha value is -5.45. The SMILES string of the molecule is CCCCc1nc2cc(-c3cccc(C)[n+]3[O-])c(C(=O)OC)nc2n1Cc1ccc(-c2ccccc2-c2nn[nH]n2)cc1. The topological polar surface area (TPSA) is 138 Å². The normalized spacial score (nSPS) is 11.2. The average Bonchev–Trinajstić information content (AvgIpc) is 3.69. The van der Waals surface area contributed by atoms with Gasteiger partial charge in [0.2, 0.25) is 11.5 Å². The average molecular weight is 575 g/mol. The molecule has 6 rings (SSSR count). The molecule has 0 aliphatic carbocycles. The second kappa shape index (κ2) is 11.8. The summed E-state index contributed by atoms with van der Waals surface area (Å²) in [7, 11) is 1.31. The van der Waals surface area contributed by atoms with E-state index in [2.05, 4.69) is 51.8 Å². The number of nitrogens with zero attached hydrogens (tertiary/aromatic N) is 7. The molecule has 0 bridgehead atoms. The summed E-state index contributed by atoms with van der Waals surface area (Å²) in [5, 5.41) is 27.5. The highest BCUT2D eigenvalue weighted by Gasteiger charge is 2.25. The second-order valence-electron chi connectivity index (χ2n) is 10.3. The molecule has 216 valence electrons. The fraction of sp³-hybridized carbons (Fsp3) is 0.219. The van der Waals surface area contributed by atoms with E-state index in [0.717, 1.165) is 52.1 Å². The van der Waals surface area contributed by atoms with Gasteiger partial charge in [-0.1, -0.05) is 61.9 Å². The van der Waals surface area contributed by atoms with E-state index in [1.54, 1.807) is 31.2 Å². The van der Waals surface area contributed by atoms with Crippen molar-refractivity contribution in [2.45, 2.75) is 39.7 Å². The molecule has 43 heavy (non-hydrogen) atoms. The number of aromatic nitrogens is 8. The molecule has 0 atom stereocenters. The fourth-order valence-corrected chi connectivity index (χ4v) is 5.22. The molecule has 0 saturated carbocycles. The number of rotatable bonds is 9. The number of carbonyl (C=O) groups excluding carboxylic acids is 1. The predicted molar refractivity (Wildman–Crippen MR) is 161 cm³/mol. The molecule has 0 fully saturated rings. The number of nitrogens with one attached hydrogen (secondary N) is 1. The number of benzene rings is 2. The molecule has 2 aromatic carbocycles. The highest BCUT2D eigenvalue weighted by Crippen LogP contribution is 2.31. The van der Waals surface area contributed by atoms with E-state index in [0.29, 0.717) is 40.5 Å². The Balaban J connectivity index is 1.42. The van der Waals surface area contributed by atoms with E-state index in [-0.39, 0.29) is 5.69 Å². The van der Waals surface area contributed by atoms with Gasteiger partial charge in [0.25, 0.3) is 0 Å². The lowest BCUT2D eigenvalue weighted by molar-refractivity contribution is -0.600. The van der Waals surface area contributed by atoms with Gasteiger partial charge in [-0.15, -0.1) is 10.2 Å². The van der Waals surface area contributed by atoms with Crippen molar-refractivity contribution in [3.63, 3.8) is 0 Å². The van der Waals surface area contributed by atoms with Gasteiger partial charge in [-0.3, -0.25) is 0 Å². The number of tetrazole rings is 1. The van der Waals surface area contributed by atoms with Gasteiger partial charge >= 0.3 is 5.97 Å². The van der Waals surface area contributed by atoms with Crippen molar-refractivity contribution in [2.75, 3.05) is 7.11 Å². The van der Waals surface area contributed by atoms with Crippen LogP contribution < -0.4 is 4.73 Å². The first kappa shape index (κ1) is 27.7. The van der Waals surface area contributed by atoms with Crippen molar-refractivity contribution in [2.24, 2.45) is 0 Å². The first-order valence-electron chi connectivity index (χ1n) is 14.1. The summed E-state index contributed by atoms with van der Waals surface area (Å²) in [5.74, 6) is 0.777. The number of imidazole rings is 1. The van der Waals surface area contributed by atoms with Crippen LogP contribution in [0, 0.1) is 12.1 Å². The summed E-state index contributed by atoms with van der Waals surface area (Å²) in [6.07, 6.45) is 2.70. The number of pyridine rings is 2. The van der Waals surface area contributed by atoms with E-state index in [9.17, 15) is 10.0 Å². The van der Waals surface area contributed by atoms with Crippen molar-refractivity contribution in [3.8, 4) is 33.8 Å².